The molecule has 2 aromatic heterocycles. The second-order valence-electron chi connectivity index (χ2n) is 11.6. The summed E-state index contributed by atoms with van der Waals surface area (Å²) in [5.74, 6) is 1.13. The van der Waals surface area contributed by atoms with E-state index >= 15 is 0 Å². The van der Waals surface area contributed by atoms with Gasteiger partial charge in [-0.1, -0.05) is 37.5 Å². The summed E-state index contributed by atoms with van der Waals surface area (Å²) in [5, 5.41) is 6.46. The molecule has 1 unspecified atom stereocenters. The molecule has 1 saturated heterocycles. The van der Waals surface area contributed by atoms with Crippen molar-refractivity contribution in [3.63, 3.8) is 0 Å². The van der Waals surface area contributed by atoms with Crippen molar-refractivity contribution in [2.24, 2.45) is 5.92 Å². The number of likely N-dealkylation sites (tertiary alicyclic amines) is 1. The third-order valence-electron chi connectivity index (χ3n) is 8.60. The average Bonchev–Trinajstić information content (AvgIpc) is 3.81. The molecule has 3 aromatic rings. The number of piperidine rings is 1. The van der Waals surface area contributed by atoms with Gasteiger partial charge in [0.25, 0.3) is 12.9 Å². The monoisotopic (exact) mass is 633 g/mol. The SMILES string of the molecule is O=C(Cn1nc(C(F)F)cc1C(F)F)N1CCC(c2nc(C3=CC(c4ccccc4OCC4CCCCC4)ON3)cs2)CC1. The number of amides is 1. The fourth-order valence-corrected chi connectivity index (χ4v) is 7.10. The van der Waals surface area contributed by atoms with Crippen molar-refractivity contribution >= 4 is 22.9 Å². The largest absolute Gasteiger partial charge is 0.493 e. The number of rotatable bonds is 10. The Morgan fingerprint density at radius 2 is 1.84 bits per heavy atom. The van der Waals surface area contributed by atoms with Gasteiger partial charge in [-0.3, -0.25) is 19.8 Å². The van der Waals surface area contributed by atoms with Crippen LogP contribution in [-0.2, 0) is 16.2 Å². The molecular weight excluding hydrogens is 598 g/mol. The van der Waals surface area contributed by atoms with Gasteiger partial charge in [0.05, 0.1) is 23.0 Å². The van der Waals surface area contributed by atoms with Crippen LogP contribution in [0.4, 0.5) is 17.6 Å². The zero-order valence-corrected chi connectivity index (χ0v) is 25.0. The number of nitrogens with one attached hydrogen (secondary N) is 1. The molecular formula is C31H35F4N5O3S. The lowest BCUT2D eigenvalue weighted by molar-refractivity contribution is -0.133. The first-order chi connectivity index (χ1) is 21.4. The lowest BCUT2D eigenvalue weighted by atomic mass is 9.90. The van der Waals surface area contributed by atoms with E-state index in [4.69, 9.17) is 14.6 Å². The highest BCUT2D eigenvalue weighted by Gasteiger charge is 2.30. The quantitative estimate of drug-likeness (QED) is 0.238. The number of hydrogen-bond donors (Lipinski definition) is 1. The van der Waals surface area contributed by atoms with E-state index in [-0.39, 0.29) is 12.0 Å². The van der Waals surface area contributed by atoms with Gasteiger partial charge in [-0.05, 0) is 49.8 Å². The van der Waals surface area contributed by atoms with Gasteiger partial charge in [-0.2, -0.15) is 5.10 Å². The van der Waals surface area contributed by atoms with E-state index in [1.54, 1.807) is 16.2 Å². The second-order valence-corrected chi connectivity index (χ2v) is 12.4. The first-order valence-corrected chi connectivity index (χ1v) is 16.0. The summed E-state index contributed by atoms with van der Waals surface area (Å²) in [5.41, 5.74) is 4.10. The molecule has 2 aliphatic heterocycles. The molecule has 2 fully saturated rings. The molecule has 1 atom stereocenters. The standard InChI is InChI=1S/C31H35F4N5O3S/c32-29(33)23-14-25(30(34)35)40(37-23)16-28(41)39-12-10-20(11-13-39)31-36-24(18-44-31)22-15-27(43-38-22)21-8-4-5-9-26(21)42-17-19-6-2-1-3-7-19/h4-5,8-9,14-15,18-20,27,29-30,38H,1-3,6-7,10-13,16-17H2. The molecule has 1 amide bonds. The highest BCUT2D eigenvalue weighted by Crippen LogP contribution is 2.37. The molecule has 236 valence electrons. The third-order valence-corrected chi connectivity index (χ3v) is 9.60. The van der Waals surface area contributed by atoms with Gasteiger partial charge >= 0.3 is 0 Å². The number of aromatic nitrogens is 3. The lowest BCUT2D eigenvalue weighted by Crippen LogP contribution is -2.40. The maximum absolute atomic E-state index is 13.3. The van der Waals surface area contributed by atoms with Gasteiger partial charge < -0.3 is 9.64 Å². The zero-order chi connectivity index (χ0) is 30.6. The summed E-state index contributed by atoms with van der Waals surface area (Å²) >= 11 is 1.55. The van der Waals surface area contributed by atoms with Crippen molar-refractivity contribution in [2.45, 2.75) is 76.4 Å². The molecule has 1 aliphatic carbocycles. The molecule has 4 heterocycles. The van der Waals surface area contributed by atoms with Crippen molar-refractivity contribution < 1.29 is 31.9 Å². The van der Waals surface area contributed by atoms with Gasteiger partial charge in [0.1, 0.15) is 29.8 Å². The number of alkyl halides is 4. The summed E-state index contributed by atoms with van der Waals surface area (Å²) in [7, 11) is 0. The Labute approximate surface area is 257 Å². The number of hydroxylamine groups is 1. The van der Waals surface area contributed by atoms with E-state index in [9.17, 15) is 22.4 Å². The number of nitrogens with zero attached hydrogens (tertiary/aromatic N) is 4. The highest BCUT2D eigenvalue weighted by molar-refractivity contribution is 7.09. The Hall–Kier alpha value is -3.45. The number of ether oxygens (including phenoxy) is 1. The van der Waals surface area contributed by atoms with E-state index in [1.165, 1.54) is 32.1 Å². The first-order valence-electron chi connectivity index (χ1n) is 15.1. The predicted molar refractivity (Wildman–Crippen MR) is 156 cm³/mol. The minimum atomic E-state index is -3.01. The van der Waals surface area contributed by atoms with Gasteiger partial charge in [-0.15, -0.1) is 11.3 Å². The first kappa shape index (κ1) is 30.6. The van der Waals surface area contributed by atoms with Gasteiger partial charge in [-0.25, -0.2) is 22.5 Å². The molecule has 13 heteroatoms. The predicted octanol–water partition coefficient (Wildman–Crippen LogP) is 7.20. The fraction of sp³-hybridized carbons (Fsp3) is 0.516. The Morgan fingerprint density at radius 1 is 1.07 bits per heavy atom. The minimum Gasteiger partial charge on any atom is -0.493 e. The van der Waals surface area contributed by atoms with Crippen LogP contribution in [0.5, 0.6) is 5.75 Å². The molecule has 3 aliphatic rings. The van der Waals surface area contributed by atoms with Crippen LogP contribution in [0.15, 0.2) is 41.8 Å². The van der Waals surface area contributed by atoms with Crippen molar-refractivity contribution in [3.05, 3.63) is 69.4 Å². The van der Waals surface area contributed by atoms with E-state index in [0.29, 0.717) is 49.2 Å². The highest BCUT2D eigenvalue weighted by atomic mass is 32.1. The van der Waals surface area contributed by atoms with Crippen LogP contribution in [-0.4, -0.2) is 45.3 Å². The molecule has 44 heavy (non-hydrogen) atoms. The Morgan fingerprint density at radius 3 is 2.59 bits per heavy atom. The second kappa shape index (κ2) is 13.7. The summed E-state index contributed by atoms with van der Waals surface area (Å²) in [6.45, 7) is 1.03. The lowest BCUT2D eigenvalue weighted by Gasteiger charge is -2.31. The van der Waals surface area contributed by atoms with E-state index in [1.807, 2.05) is 35.7 Å². The van der Waals surface area contributed by atoms with Crippen LogP contribution in [0.3, 0.4) is 0 Å². The average molecular weight is 634 g/mol. The minimum absolute atomic E-state index is 0.136. The summed E-state index contributed by atoms with van der Waals surface area (Å²) in [6, 6.07) is 8.60. The molecule has 0 spiro atoms. The molecule has 0 radical (unpaired) electrons. The van der Waals surface area contributed by atoms with Crippen LogP contribution in [0, 0.1) is 5.92 Å². The zero-order valence-electron chi connectivity index (χ0n) is 24.1. The van der Waals surface area contributed by atoms with Crippen molar-refractivity contribution in [1.82, 2.24) is 25.1 Å². The van der Waals surface area contributed by atoms with E-state index in [0.717, 1.165) is 27.7 Å². The molecule has 1 N–H and O–H groups in total. The maximum atomic E-state index is 13.3. The van der Waals surface area contributed by atoms with Crippen LogP contribution in [0.2, 0.25) is 0 Å². The molecule has 8 nitrogen and oxygen atoms in total. The van der Waals surface area contributed by atoms with Crippen LogP contribution in [0.1, 0.15) is 97.5 Å². The maximum Gasteiger partial charge on any atom is 0.282 e. The van der Waals surface area contributed by atoms with Gasteiger partial charge in [0.15, 0.2) is 0 Å². The Balaban J connectivity index is 1.04. The summed E-state index contributed by atoms with van der Waals surface area (Å²) < 4.78 is 59.5. The summed E-state index contributed by atoms with van der Waals surface area (Å²) in [4.78, 5) is 25.2. The number of benzene rings is 1. The van der Waals surface area contributed by atoms with E-state index < -0.39 is 36.7 Å². The molecule has 1 aromatic carbocycles. The van der Waals surface area contributed by atoms with Crippen LogP contribution in [0.25, 0.3) is 5.70 Å². The number of hydrogen-bond acceptors (Lipinski definition) is 7. The fourth-order valence-electron chi connectivity index (χ4n) is 6.11. The number of thiazole rings is 1. The van der Waals surface area contributed by atoms with E-state index in [2.05, 4.69) is 10.6 Å². The van der Waals surface area contributed by atoms with Crippen molar-refractivity contribution in [3.8, 4) is 5.75 Å². The van der Waals surface area contributed by atoms with Gasteiger partial charge in [0, 0.05) is 30.0 Å². The smallest absolute Gasteiger partial charge is 0.282 e. The van der Waals surface area contributed by atoms with Crippen molar-refractivity contribution in [2.75, 3.05) is 19.7 Å². The number of carbonyl (C=O) groups excluding carboxylic acids is 1. The van der Waals surface area contributed by atoms with Crippen molar-refractivity contribution in [1.29, 1.82) is 0 Å². The topological polar surface area (TPSA) is 81.5 Å². The Kier molecular flexibility index (Phi) is 9.50. The molecule has 0 bridgehead atoms. The van der Waals surface area contributed by atoms with Crippen LogP contribution >= 0.6 is 11.3 Å². The van der Waals surface area contributed by atoms with Gasteiger partial charge in [0.2, 0.25) is 5.91 Å². The normalized spacial score (nSPS) is 19.9. The molecule has 6 rings (SSSR count). The molecule has 1 saturated carbocycles. The van der Waals surface area contributed by atoms with Crippen LogP contribution < -0.4 is 10.2 Å². The third kappa shape index (κ3) is 6.93. The Bertz CT molecular complexity index is 1460. The number of para-hydroxylation sites is 1. The number of carbonyl (C=O) groups is 1. The summed E-state index contributed by atoms with van der Waals surface area (Å²) in [6.07, 6.45) is 3.28. The number of halogens is 4.